The van der Waals surface area contributed by atoms with Gasteiger partial charge >= 0.3 is 0 Å². The van der Waals surface area contributed by atoms with Crippen molar-refractivity contribution in [2.24, 2.45) is 0 Å². The number of hydrogen-bond acceptors (Lipinski definition) is 3. The molecule has 3 heteroatoms. The second-order valence-electron chi connectivity index (χ2n) is 5.23. The van der Waals surface area contributed by atoms with Gasteiger partial charge in [0.05, 0.1) is 7.11 Å². The Morgan fingerprint density at radius 2 is 2.17 bits per heavy atom. The number of methoxy groups -OCH3 is 1. The van der Waals surface area contributed by atoms with E-state index in [1.54, 1.807) is 7.11 Å². The summed E-state index contributed by atoms with van der Waals surface area (Å²) in [6.45, 7) is 5.54. The summed E-state index contributed by atoms with van der Waals surface area (Å²) in [5.74, 6) is 0.831. The molecule has 1 aromatic carbocycles. The van der Waals surface area contributed by atoms with Crippen molar-refractivity contribution >= 4 is 5.69 Å². The Bertz CT molecular complexity index is 405. The van der Waals surface area contributed by atoms with Gasteiger partial charge in [-0.2, -0.15) is 0 Å². The molecule has 3 nitrogen and oxygen atoms in total. The minimum absolute atomic E-state index is 0.663. The van der Waals surface area contributed by atoms with E-state index in [0.29, 0.717) is 12.1 Å². The molecule has 0 bridgehead atoms. The first-order valence-electron chi connectivity index (χ1n) is 6.83. The lowest BCUT2D eigenvalue weighted by atomic mass is 10.1. The van der Waals surface area contributed by atoms with Crippen LogP contribution in [0.25, 0.3) is 0 Å². The number of nitrogens with zero attached hydrogens (tertiary/aromatic N) is 1. The third-order valence-electron chi connectivity index (χ3n) is 4.13. The summed E-state index contributed by atoms with van der Waals surface area (Å²) in [7, 11) is 1.67. The average molecular weight is 248 g/mol. The Balaban J connectivity index is 2.13. The van der Waals surface area contributed by atoms with Gasteiger partial charge in [0.25, 0.3) is 0 Å². The molecule has 0 radical (unpaired) electrons. The van der Waals surface area contributed by atoms with E-state index in [9.17, 15) is 0 Å². The maximum Gasteiger partial charge on any atom is 0.120 e. The monoisotopic (exact) mass is 248 g/mol. The van der Waals surface area contributed by atoms with Gasteiger partial charge in [-0.25, -0.2) is 0 Å². The summed E-state index contributed by atoms with van der Waals surface area (Å²) in [4.78, 5) is 2.58. The van der Waals surface area contributed by atoms with Crippen LogP contribution in [0.5, 0.6) is 5.75 Å². The quantitative estimate of drug-likeness (QED) is 0.832. The molecule has 0 aliphatic carbocycles. The fraction of sp³-hybridized carbons (Fsp3) is 0.600. The number of nitrogens with two attached hydrogens (primary N) is 1. The number of likely N-dealkylation sites (tertiary alicyclic amines) is 1. The molecule has 18 heavy (non-hydrogen) atoms. The highest BCUT2D eigenvalue weighted by Crippen LogP contribution is 2.30. The summed E-state index contributed by atoms with van der Waals surface area (Å²) in [5, 5.41) is 0. The van der Waals surface area contributed by atoms with Crippen LogP contribution in [0, 0.1) is 0 Å². The first-order chi connectivity index (χ1) is 8.65. The van der Waals surface area contributed by atoms with Crippen molar-refractivity contribution < 1.29 is 4.74 Å². The van der Waals surface area contributed by atoms with E-state index in [-0.39, 0.29) is 0 Å². The molecule has 2 unspecified atom stereocenters. The molecule has 0 aromatic heterocycles. The van der Waals surface area contributed by atoms with Gasteiger partial charge in [0.15, 0.2) is 0 Å². The third kappa shape index (κ3) is 2.61. The molecule has 1 fully saturated rings. The van der Waals surface area contributed by atoms with Crippen LogP contribution in [0.4, 0.5) is 5.69 Å². The highest BCUT2D eigenvalue weighted by Gasteiger charge is 2.29. The van der Waals surface area contributed by atoms with Gasteiger partial charge in [0.1, 0.15) is 5.75 Å². The van der Waals surface area contributed by atoms with E-state index < -0.39 is 0 Å². The zero-order valence-corrected chi connectivity index (χ0v) is 11.6. The molecular weight excluding hydrogens is 224 g/mol. The van der Waals surface area contributed by atoms with Gasteiger partial charge in [0, 0.05) is 30.4 Å². The lowest BCUT2D eigenvalue weighted by Gasteiger charge is -2.28. The molecule has 100 valence electrons. The van der Waals surface area contributed by atoms with Gasteiger partial charge in [-0.3, -0.25) is 4.90 Å². The number of benzene rings is 1. The van der Waals surface area contributed by atoms with Crippen molar-refractivity contribution in [1.82, 2.24) is 4.90 Å². The van der Waals surface area contributed by atoms with Crippen LogP contribution >= 0.6 is 0 Å². The zero-order valence-electron chi connectivity index (χ0n) is 11.6. The molecule has 1 saturated heterocycles. The third-order valence-corrected chi connectivity index (χ3v) is 4.13. The number of ether oxygens (including phenoxy) is 1. The molecule has 1 heterocycles. The van der Waals surface area contributed by atoms with Gasteiger partial charge in [-0.05, 0) is 37.8 Å². The van der Waals surface area contributed by atoms with Gasteiger partial charge in [0.2, 0.25) is 0 Å². The van der Waals surface area contributed by atoms with Gasteiger partial charge < -0.3 is 10.5 Å². The Labute approximate surface area is 110 Å². The molecular formula is C15H24N2O. The minimum atomic E-state index is 0.663. The van der Waals surface area contributed by atoms with E-state index in [0.717, 1.165) is 18.0 Å². The molecule has 1 aliphatic rings. The van der Waals surface area contributed by atoms with E-state index in [1.807, 2.05) is 12.1 Å². The highest BCUT2D eigenvalue weighted by atomic mass is 16.5. The average Bonchev–Trinajstić information content (AvgIpc) is 2.73. The van der Waals surface area contributed by atoms with E-state index >= 15 is 0 Å². The normalized spacial score (nSPS) is 24.4. The predicted molar refractivity (Wildman–Crippen MR) is 75.7 cm³/mol. The van der Waals surface area contributed by atoms with Crippen molar-refractivity contribution in [1.29, 1.82) is 0 Å². The van der Waals surface area contributed by atoms with Crippen LogP contribution in [-0.2, 0) is 6.54 Å². The molecule has 1 aliphatic heterocycles. The van der Waals surface area contributed by atoms with Crippen LogP contribution in [-0.4, -0.2) is 24.1 Å². The van der Waals surface area contributed by atoms with Crippen LogP contribution in [0.15, 0.2) is 18.2 Å². The predicted octanol–water partition coefficient (Wildman–Crippen LogP) is 3.04. The molecule has 0 spiro atoms. The first-order valence-corrected chi connectivity index (χ1v) is 6.83. The minimum Gasteiger partial charge on any atom is -0.497 e. The number of anilines is 1. The van der Waals surface area contributed by atoms with E-state index in [4.69, 9.17) is 10.5 Å². The van der Waals surface area contributed by atoms with Crippen LogP contribution in [0.2, 0.25) is 0 Å². The van der Waals surface area contributed by atoms with E-state index in [1.165, 1.54) is 24.8 Å². The summed E-state index contributed by atoms with van der Waals surface area (Å²) >= 11 is 0. The SMILES string of the molecule is CCC1CCC(C)N1Cc1ccc(OC)cc1N. The molecule has 2 atom stereocenters. The first kappa shape index (κ1) is 13.2. The number of hydrogen-bond donors (Lipinski definition) is 1. The summed E-state index contributed by atoms with van der Waals surface area (Å²) < 4.78 is 5.19. The maximum atomic E-state index is 6.10. The summed E-state index contributed by atoms with van der Waals surface area (Å²) in [5.41, 5.74) is 8.15. The van der Waals surface area contributed by atoms with Crippen molar-refractivity contribution in [2.75, 3.05) is 12.8 Å². The van der Waals surface area contributed by atoms with Crippen molar-refractivity contribution in [2.45, 2.75) is 51.7 Å². The summed E-state index contributed by atoms with van der Waals surface area (Å²) in [6.07, 6.45) is 3.84. The van der Waals surface area contributed by atoms with Crippen LogP contribution in [0.3, 0.4) is 0 Å². The van der Waals surface area contributed by atoms with Gasteiger partial charge in [-0.15, -0.1) is 0 Å². The van der Waals surface area contributed by atoms with Crippen molar-refractivity contribution in [3.63, 3.8) is 0 Å². The lowest BCUT2D eigenvalue weighted by molar-refractivity contribution is 0.190. The summed E-state index contributed by atoms with van der Waals surface area (Å²) in [6, 6.07) is 7.37. The molecule has 0 saturated carbocycles. The lowest BCUT2D eigenvalue weighted by Crippen LogP contribution is -2.33. The smallest absolute Gasteiger partial charge is 0.120 e. The zero-order chi connectivity index (χ0) is 13.1. The Morgan fingerprint density at radius 1 is 1.39 bits per heavy atom. The van der Waals surface area contributed by atoms with Crippen LogP contribution < -0.4 is 10.5 Å². The largest absolute Gasteiger partial charge is 0.497 e. The fourth-order valence-corrected chi connectivity index (χ4v) is 2.89. The standard InChI is InChI=1S/C15H24N2O/c1-4-13-7-5-11(2)17(13)10-12-6-8-14(18-3)9-15(12)16/h6,8-9,11,13H,4-5,7,10,16H2,1-3H3. The second kappa shape index (κ2) is 5.61. The number of nitrogen functional groups attached to an aromatic ring is 1. The van der Waals surface area contributed by atoms with E-state index in [2.05, 4.69) is 24.8 Å². The van der Waals surface area contributed by atoms with Crippen molar-refractivity contribution in [3.8, 4) is 5.75 Å². The molecule has 2 rings (SSSR count). The van der Waals surface area contributed by atoms with Gasteiger partial charge in [-0.1, -0.05) is 13.0 Å². The molecule has 2 N–H and O–H groups in total. The highest BCUT2D eigenvalue weighted by molar-refractivity contribution is 5.51. The van der Waals surface area contributed by atoms with Crippen molar-refractivity contribution in [3.05, 3.63) is 23.8 Å². The second-order valence-corrected chi connectivity index (χ2v) is 5.23. The fourth-order valence-electron chi connectivity index (χ4n) is 2.89. The Kier molecular flexibility index (Phi) is 4.12. The molecule has 0 amide bonds. The Morgan fingerprint density at radius 3 is 2.78 bits per heavy atom. The topological polar surface area (TPSA) is 38.5 Å². The molecule has 1 aromatic rings. The van der Waals surface area contributed by atoms with Crippen LogP contribution in [0.1, 0.15) is 38.7 Å². The maximum absolute atomic E-state index is 6.10. The number of rotatable bonds is 4. The Hall–Kier alpha value is -1.22.